The van der Waals surface area contributed by atoms with E-state index in [2.05, 4.69) is 13.5 Å². The van der Waals surface area contributed by atoms with Gasteiger partial charge in [0.05, 0.1) is 12.1 Å². The van der Waals surface area contributed by atoms with Crippen LogP contribution in [0.4, 0.5) is 0 Å². The maximum atomic E-state index is 12.2. The third kappa shape index (κ3) is 1.59. The zero-order valence-electron chi connectivity index (χ0n) is 14.6. The molecule has 4 fully saturated rings. The molecule has 4 aliphatic rings. The Morgan fingerprint density at radius 3 is 2.67 bits per heavy atom. The van der Waals surface area contributed by atoms with Crippen LogP contribution in [0.15, 0.2) is 12.2 Å². The normalized spacial score (nSPS) is 55.8. The van der Waals surface area contributed by atoms with Crippen LogP contribution in [-0.2, 0) is 9.59 Å². The molecule has 0 amide bonds. The van der Waals surface area contributed by atoms with Crippen molar-refractivity contribution in [2.24, 2.45) is 39.9 Å². The van der Waals surface area contributed by atoms with Crippen molar-refractivity contribution < 1.29 is 19.8 Å². The standard InChI is InChI=1S/C20H28O4/c1-11-8-20-9-12(11)4-5-14(20)18(2)7-6-15(22)19(3,17(23)24)16(18)13(20)10-21/h10,12-16,22H,1,4-9H2,2-3H3,(H,23,24)/p-1/t12-,13+,14+,15+,16+,18+,19-,20-/m1/s1. The van der Waals surface area contributed by atoms with Gasteiger partial charge in [-0.2, -0.15) is 0 Å². The van der Waals surface area contributed by atoms with E-state index in [-0.39, 0.29) is 22.7 Å². The number of allylic oxidation sites excluding steroid dienone is 1. The molecular formula is C20H27O4-. The molecule has 8 atom stereocenters. The maximum Gasteiger partial charge on any atom is 0.123 e. The zero-order valence-corrected chi connectivity index (χ0v) is 14.6. The summed E-state index contributed by atoms with van der Waals surface area (Å²) in [6.45, 7) is 8.03. The van der Waals surface area contributed by atoms with Gasteiger partial charge >= 0.3 is 0 Å². The smallest absolute Gasteiger partial charge is 0.123 e. The van der Waals surface area contributed by atoms with Crippen LogP contribution in [0.3, 0.4) is 0 Å². The Kier molecular flexibility index (Phi) is 3.21. The highest BCUT2D eigenvalue weighted by atomic mass is 16.4. The topological polar surface area (TPSA) is 77.4 Å². The van der Waals surface area contributed by atoms with Gasteiger partial charge in [0.25, 0.3) is 0 Å². The number of carboxylic acids is 1. The molecule has 24 heavy (non-hydrogen) atoms. The first kappa shape index (κ1) is 16.3. The quantitative estimate of drug-likeness (QED) is 0.617. The summed E-state index contributed by atoms with van der Waals surface area (Å²) in [6.07, 6.45) is 5.27. The van der Waals surface area contributed by atoms with Gasteiger partial charge in [-0.25, -0.2) is 0 Å². The van der Waals surface area contributed by atoms with Crippen LogP contribution in [0.25, 0.3) is 0 Å². The third-order valence-corrected chi connectivity index (χ3v) is 8.67. The molecule has 4 heteroatoms. The molecule has 4 rings (SSSR count). The summed E-state index contributed by atoms with van der Waals surface area (Å²) in [5, 5.41) is 22.7. The van der Waals surface area contributed by atoms with Crippen LogP contribution in [0, 0.1) is 39.9 Å². The van der Waals surface area contributed by atoms with Crippen molar-refractivity contribution in [2.75, 3.05) is 0 Å². The van der Waals surface area contributed by atoms with E-state index >= 15 is 0 Å². The van der Waals surface area contributed by atoms with Crippen molar-refractivity contribution in [1.29, 1.82) is 0 Å². The van der Waals surface area contributed by atoms with Crippen molar-refractivity contribution in [3.05, 3.63) is 12.2 Å². The van der Waals surface area contributed by atoms with Gasteiger partial charge in [-0.1, -0.05) is 26.0 Å². The van der Waals surface area contributed by atoms with Gasteiger partial charge in [-0.3, -0.25) is 0 Å². The zero-order chi connectivity index (χ0) is 17.5. The summed E-state index contributed by atoms with van der Waals surface area (Å²) in [5.41, 5.74) is -0.497. The molecule has 0 unspecified atom stereocenters. The van der Waals surface area contributed by atoms with Crippen molar-refractivity contribution in [2.45, 2.75) is 58.5 Å². The molecule has 0 aromatic rings. The second-order valence-electron chi connectivity index (χ2n) is 9.37. The first-order chi connectivity index (χ1) is 11.2. The van der Waals surface area contributed by atoms with Gasteiger partial charge in [-0.05, 0) is 67.1 Å². The summed E-state index contributed by atoms with van der Waals surface area (Å²) in [5.74, 6) is -1.07. The average Bonchev–Trinajstić information content (AvgIpc) is 2.91. The van der Waals surface area contributed by atoms with Crippen molar-refractivity contribution >= 4 is 12.3 Å². The summed E-state index contributed by atoms with van der Waals surface area (Å²) >= 11 is 0. The summed E-state index contributed by atoms with van der Waals surface area (Å²) in [7, 11) is 0. The number of fused-ring (bicyclic) bond motifs is 3. The fourth-order valence-corrected chi connectivity index (χ4v) is 7.72. The number of aliphatic hydroxyl groups excluding tert-OH is 1. The molecule has 0 aromatic heterocycles. The van der Waals surface area contributed by atoms with Crippen molar-refractivity contribution in [3.63, 3.8) is 0 Å². The fraction of sp³-hybridized carbons (Fsp3) is 0.800. The highest BCUT2D eigenvalue weighted by Crippen LogP contribution is 2.77. The van der Waals surface area contributed by atoms with Gasteiger partial charge in [0.15, 0.2) is 0 Å². The molecule has 1 spiro atoms. The first-order valence-electron chi connectivity index (χ1n) is 9.24. The van der Waals surface area contributed by atoms with E-state index in [0.717, 1.165) is 38.4 Å². The predicted molar refractivity (Wildman–Crippen MR) is 86.5 cm³/mol. The highest BCUT2D eigenvalue weighted by Gasteiger charge is 2.73. The average molecular weight is 331 g/mol. The summed E-state index contributed by atoms with van der Waals surface area (Å²) in [6, 6.07) is 0. The molecule has 0 heterocycles. The Morgan fingerprint density at radius 1 is 1.33 bits per heavy atom. The SMILES string of the molecule is C=C1C[C@]23C[C@H]1CC[C@H]2[C@]1(C)CC[C@H](O)[C@@](C)(C(=O)[O-])[C@H]1[C@@H]3C=O. The Balaban J connectivity index is 1.91. The number of hydrogen-bond acceptors (Lipinski definition) is 4. The second kappa shape index (κ2) is 4.72. The second-order valence-corrected chi connectivity index (χ2v) is 9.37. The molecule has 132 valence electrons. The number of aliphatic hydroxyl groups is 1. The number of carboxylic acid groups (broad SMARTS) is 1. The maximum absolute atomic E-state index is 12.2. The lowest BCUT2D eigenvalue weighted by atomic mass is 9.52. The third-order valence-electron chi connectivity index (χ3n) is 8.67. The van der Waals surface area contributed by atoms with E-state index in [0.29, 0.717) is 18.3 Å². The van der Waals surface area contributed by atoms with Crippen LogP contribution in [0.5, 0.6) is 0 Å². The van der Waals surface area contributed by atoms with Crippen molar-refractivity contribution in [3.8, 4) is 0 Å². The molecule has 4 saturated carbocycles. The van der Waals surface area contributed by atoms with E-state index < -0.39 is 17.5 Å². The molecule has 0 aromatic carbocycles. The lowest BCUT2D eigenvalue weighted by Crippen LogP contribution is -2.60. The number of hydrogen-bond donors (Lipinski definition) is 1. The van der Waals surface area contributed by atoms with Crippen LogP contribution >= 0.6 is 0 Å². The largest absolute Gasteiger partial charge is 0.549 e. The molecule has 4 nitrogen and oxygen atoms in total. The van der Waals surface area contributed by atoms with Gasteiger partial charge in [0, 0.05) is 11.3 Å². The highest BCUT2D eigenvalue weighted by molar-refractivity contribution is 5.75. The van der Waals surface area contributed by atoms with E-state index in [4.69, 9.17) is 0 Å². The number of rotatable bonds is 2. The van der Waals surface area contributed by atoms with Crippen molar-refractivity contribution in [1.82, 2.24) is 0 Å². The molecule has 0 aliphatic heterocycles. The molecule has 2 bridgehead atoms. The van der Waals surface area contributed by atoms with Crippen LogP contribution in [0.1, 0.15) is 52.4 Å². The monoisotopic (exact) mass is 331 g/mol. The van der Waals surface area contributed by atoms with E-state index in [1.54, 1.807) is 6.92 Å². The molecule has 4 aliphatic carbocycles. The minimum atomic E-state index is -1.36. The Labute approximate surface area is 143 Å². The first-order valence-corrected chi connectivity index (χ1v) is 9.24. The molecule has 0 saturated heterocycles. The number of aliphatic carboxylic acids is 1. The van der Waals surface area contributed by atoms with E-state index in [1.165, 1.54) is 5.57 Å². The van der Waals surface area contributed by atoms with Gasteiger partial charge in [-0.15, -0.1) is 0 Å². The van der Waals surface area contributed by atoms with Crippen LogP contribution in [0.2, 0.25) is 0 Å². The van der Waals surface area contributed by atoms with Crippen LogP contribution in [-0.4, -0.2) is 23.5 Å². The molecular weight excluding hydrogens is 304 g/mol. The van der Waals surface area contributed by atoms with E-state index in [1.807, 2.05) is 0 Å². The number of carbonyl (C=O) groups is 2. The predicted octanol–water partition coefficient (Wildman–Crippen LogP) is 1.71. The minimum absolute atomic E-state index is 0.151. The van der Waals surface area contributed by atoms with Gasteiger partial charge in [0.2, 0.25) is 0 Å². The number of aldehydes is 1. The summed E-state index contributed by atoms with van der Waals surface area (Å²) < 4.78 is 0. The lowest BCUT2D eigenvalue weighted by Gasteiger charge is -2.54. The molecule has 1 N–H and O–H groups in total. The Morgan fingerprint density at radius 2 is 2.04 bits per heavy atom. The molecule has 0 radical (unpaired) electrons. The van der Waals surface area contributed by atoms with Gasteiger partial charge in [0.1, 0.15) is 6.29 Å². The Hall–Kier alpha value is -1.16. The van der Waals surface area contributed by atoms with Gasteiger partial charge < -0.3 is 19.8 Å². The number of carbonyl (C=O) groups excluding carboxylic acids is 2. The van der Waals surface area contributed by atoms with Crippen LogP contribution < -0.4 is 5.11 Å². The lowest BCUT2D eigenvalue weighted by molar-refractivity contribution is -0.331. The fourth-order valence-electron chi connectivity index (χ4n) is 7.72. The Bertz CT molecular complexity index is 627. The van der Waals surface area contributed by atoms with E-state index in [9.17, 15) is 19.8 Å². The minimum Gasteiger partial charge on any atom is -0.549 e. The summed E-state index contributed by atoms with van der Waals surface area (Å²) in [4.78, 5) is 24.3.